The van der Waals surface area contributed by atoms with Crippen LogP contribution in [0.1, 0.15) is 31.2 Å². The molecule has 0 unspecified atom stereocenters. The van der Waals surface area contributed by atoms with E-state index in [1.54, 1.807) is 24.3 Å². The minimum atomic E-state index is -0.532. The maximum atomic E-state index is 12.5. The third-order valence-electron chi connectivity index (χ3n) is 4.24. The Hall–Kier alpha value is -2.41. The molecule has 0 bridgehead atoms. The van der Waals surface area contributed by atoms with Gasteiger partial charge in [0.05, 0.1) is 13.7 Å². The number of hydrogen-bond donors (Lipinski definition) is 0. The predicted octanol–water partition coefficient (Wildman–Crippen LogP) is 2.11. The molecule has 4 amide bonds. The minimum Gasteiger partial charge on any atom is -0.338 e. The molecule has 1 heterocycles. The maximum absolute atomic E-state index is 12.5. The zero-order chi connectivity index (χ0) is 17.1. The number of amides is 4. The van der Waals surface area contributed by atoms with Crippen LogP contribution in [0.15, 0.2) is 24.3 Å². The molecule has 0 atom stereocenters. The van der Waals surface area contributed by atoms with E-state index in [0.717, 1.165) is 29.7 Å². The molecule has 24 heavy (non-hydrogen) atoms. The first-order valence-corrected chi connectivity index (χ1v) is 8.03. The Labute approximate surface area is 140 Å². The normalized spacial score (nSPS) is 18.3. The summed E-state index contributed by atoms with van der Waals surface area (Å²) < 4.78 is 0. The smallest absolute Gasteiger partial charge is 0.333 e. The van der Waals surface area contributed by atoms with Crippen molar-refractivity contribution in [3.8, 4) is 5.75 Å². The van der Waals surface area contributed by atoms with E-state index in [1.807, 2.05) is 0 Å². The van der Waals surface area contributed by atoms with Gasteiger partial charge in [0.25, 0.3) is 0 Å². The van der Waals surface area contributed by atoms with Gasteiger partial charge in [-0.15, -0.1) is 0 Å². The highest BCUT2D eigenvalue weighted by molar-refractivity contribution is 6.14. The number of urea groups is 1. The van der Waals surface area contributed by atoms with Gasteiger partial charge in [0, 0.05) is 6.54 Å². The SMILES string of the molecule is COOc1cccc(CN2C(=O)CC(=O)N(CCC3CC3)C2=O)c1. The van der Waals surface area contributed by atoms with Crippen LogP contribution < -0.4 is 4.89 Å². The van der Waals surface area contributed by atoms with E-state index in [9.17, 15) is 14.4 Å². The first-order chi connectivity index (χ1) is 11.6. The van der Waals surface area contributed by atoms with E-state index >= 15 is 0 Å². The molecule has 0 spiro atoms. The van der Waals surface area contributed by atoms with Gasteiger partial charge in [-0.2, -0.15) is 4.89 Å². The standard InChI is InChI=1S/C17H20N2O5/c1-23-24-14-4-2-3-13(9-14)11-19-16(21)10-15(20)18(17(19)22)8-7-12-5-6-12/h2-4,9,12H,5-8,10-11H2,1H3. The third kappa shape index (κ3) is 3.73. The Morgan fingerprint density at radius 2 is 1.88 bits per heavy atom. The van der Waals surface area contributed by atoms with E-state index in [0.29, 0.717) is 18.2 Å². The molecule has 1 aliphatic heterocycles. The van der Waals surface area contributed by atoms with Gasteiger partial charge in [0.2, 0.25) is 11.8 Å². The average molecular weight is 332 g/mol. The van der Waals surface area contributed by atoms with Gasteiger partial charge >= 0.3 is 6.03 Å². The zero-order valence-electron chi connectivity index (χ0n) is 13.6. The van der Waals surface area contributed by atoms with Crippen molar-refractivity contribution in [2.24, 2.45) is 5.92 Å². The second kappa shape index (κ2) is 7.00. The molecule has 3 rings (SSSR count). The Kier molecular flexibility index (Phi) is 4.80. The van der Waals surface area contributed by atoms with Crippen molar-refractivity contribution in [1.82, 2.24) is 9.80 Å². The van der Waals surface area contributed by atoms with E-state index in [4.69, 9.17) is 4.89 Å². The quantitative estimate of drug-likeness (QED) is 0.434. The van der Waals surface area contributed by atoms with Crippen molar-refractivity contribution >= 4 is 17.8 Å². The fourth-order valence-electron chi connectivity index (χ4n) is 2.75. The number of barbiturate groups is 1. The van der Waals surface area contributed by atoms with Crippen LogP contribution in [0.2, 0.25) is 0 Å². The number of imide groups is 2. The first kappa shape index (κ1) is 16.4. The predicted molar refractivity (Wildman–Crippen MR) is 83.7 cm³/mol. The summed E-state index contributed by atoms with van der Waals surface area (Å²) in [5, 5.41) is 0. The number of rotatable bonds is 7. The summed E-state index contributed by atoms with van der Waals surface area (Å²) in [6.07, 6.45) is 2.87. The van der Waals surface area contributed by atoms with Crippen LogP contribution in [0.25, 0.3) is 0 Å². The molecule has 1 saturated carbocycles. The van der Waals surface area contributed by atoms with Crippen molar-refractivity contribution in [2.45, 2.75) is 32.2 Å². The van der Waals surface area contributed by atoms with E-state index in [2.05, 4.69) is 4.89 Å². The fourth-order valence-corrected chi connectivity index (χ4v) is 2.75. The summed E-state index contributed by atoms with van der Waals surface area (Å²) in [5.74, 6) is 0.220. The lowest BCUT2D eigenvalue weighted by Gasteiger charge is -2.32. The summed E-state index contributed by atoms with van der Waals surface area (Å²) in [5.41, 5.74) is 0.725. The highest BCUT2D eigenvalue weighted by Crippen LogP contribution is 2.33. The van der Waals surface area contributed by atoms with Crippen molar-refractivity contribution in [2.75, 3.05) is 13.7 Å². The van der Waals surface area contributed by atoms with Crippen molar-refractivity contribution < 1.29 is 24.2 Å². The summed E-state index contributed by atoms with van der Waals surface area (Å²) in [6.45, 7) is 0.491. The number of carbonyl (C=O) groups is 3. The van der Waals surface area contributed by atoms with Crippen LogP contribution in [0.5, 0.6) is 5.75 Å². The van der Waals surface area contributed by atoms with Gasteiger partial charge in [0.15, 0.2) is 5.75 Å². The topological polar surface area (TPSA) is 76.2 Å². The molecule has 1 aromatic rings. The molecule has 0 radical (unpaired) electrons. The van der Waals surface area contributed by atoms with Crippen LogP contribution in [-0.4, -0.2) is 41.3 Å². The molecule has 7 nitrogen and oxygen atoms in total. The second-order valence-corrected chi connectivity index (χ2v) is 6.11. The molecule has 128 valence electrons. The summed E-state index contributed by atoms with van der Waals surface area (Å²) in [4.78, 5) is 48.6. The lowest BCUT2D eigenvalue weighted by molar-refractivity contribution is -0.178. The van der Waals surface area contributed by atoms with E-state index < -0.39 is 17.8 Å². The third-order valence-corrected chi connectivity index (χ3v) is 4.24. The molecule has 1 saturated heterocycles. The molecule has 2 aliphatic rings. The number of benzene rings is 1. The number of nitrogens with zero attached hydrogens (tertiary/aromatic N) is 2. The highest BCUT2D eigenvalue weighted by Gasteiger charge is 2.38. The molecule has 0 N–H and O–H groups in total. The lowest BCUT2D eigenvalue weighted by atomic mass is 10.1. The summed E-state index contributed by atoms with van der Waals surface area (Å²) in [7, 11) is 1.40. The van der Waals surface area contributed by atoms with Gasteiger partial charge in [-0.25, -0.2) is 4.79 Å². The highest BCUT2D eigenvalue weighted by atomic mass is 17.2. The van der Waals surface area contributed by atoms with Gasteiger partial charge in [-0.3, -0.25) is 19.4 Å². The van der Waals surface area contributed by atoms with E-state index in [1.165, 1.54) is 12.0 Å². The Morgan fingerprint density at radius 3 is 2.58 bits per heavy atom. The van der Waals surface area contributed by atoms with Crippen LogP contribution in [0.3, 0.4) is 0 Å². The van der Waals surface area contributed by atoms with E-state index in [-0.39, 0.29) is 13.0 Å². The van der Waals surface area contributed by atoms with Gasteiger partial charge in [-0.1, -0.05) is 25.0 Å². The number of hydrogen-bond acceptors (Lipinski definition) is 5. The van der Waals surface area contributed by atoms with Crippen molar-refractivity contribution in [1.29, 1.82) is 0 Å². The first-order valence-electron chi connectivity index (χ1n) is 8.03. The summed E-state index contributed by atoms with van der Waals surface area (Å²) in [6, 6.07) is 6.40. The fraction of sp³-hybridized carbons (Fsp3) is 0.471. The molecule has 0 aromatic heterocycles. The monoisotopic (exact) mass is 332 g/mol. The lowest BCUT2D eigenvalue weighted by Crippen LogP contribution is -2.54. The van der Waals surface area contributed by atoms with Crippen LogP contribution in [0.4, 0.5) is 4.79 Å². The van der Waals surface area contributed by atoms with Crippen LogP contribution >= 0.6 is 0 Å². The van der Waals surface area contributed by atoms with Gasteiger partial charge in [0.1, 0.15) is 6.42 Å². The van der Waals surface area contributed by atoms with Crippen LogP contribution in [-0.2, 0) is 21.0 Å². The molecule has 1 aromatic carbocycles. The van der Waals surface area contributed by atoms with Crippen molar-refractivity contribution in [3.63, 3.8) is 0 Å². The van der Waals surface area contributed by atoms with Gasteiger partial charge in [-0.05, 0) is 30.0 Å². The van der Waals surface area contributed by atoms with Crippen LogP contribution in [0, 0.1) is 5.92 Å². The minimum absolute atomic E-state index is 0.103. The second-order valence-electron chi connectivity index (χ2n) is 6.11. The Bertz CT molecular complexity index is 656. The van der Waals surface area contributed by atoms with Gasteiger partial charge < -0.3 is 4.89 Å². The zero-order valence-corrected chi connectivity index (χ0v) is 13.6. The Balaban J connectivity index is 1.70. The molecular weight excluding hydrogens is 312 g/mol. The van der Waals surface area contributed by atoms with Crippen molar-refractivity contribution in [3.05, 3.63) is 29.8 Å². The maximum Gasteiger partial charge on any atom is 0.333 e. The largest absolute Gasteiger partial charge is 0.338 e. The molecule has 1 aliphatic carbocycles. The average Bonchev–Trinajstić information content (AvgIpc) is 3.36. The number of carbonyl (C=O) groups excluding carboxylic acids is 3. The molecule has 7 heteroatoms. The summed E-state index contributed by atoms with van der Waals surface area (Å²) >= 11 is 0. The molecule has 2 fully saturated rings. The molecular formula is C17H20N2O5. The Morgan fingerprint density at radius 1 is 1.12 bits per heavy atom.